The van der Waals surface area contributed by atoms with E-state index in [2.05, 4.69) is 5.32 Å². The summed E-state index contributed by atoms with van der Waals surface area (Å²) in [6.07, 6.45) is 2.53. The van der Waals surface area contributed by atoms with Crippen LogP contribution in [0, 0.1) is 5.82 Å². The molecule has 0 bridgehead atoms. The Hall–Kier alpha value is -2.96. The van der Waals surface area contributed by atoms with Crippen LogP contribution in [0.15, 0.2) is 41.5 Å². The van der Waals surface area contributed by atoms with Crippen LogP contribution in [0.25, 0.3) is 11.1 Å². The number of halogens is 1. The predicted molar refractivity (Wildman–Crippen MR) is 110 cm³/mol. The first-order valence-electron chi connectivity index (χ1n) is 9.31. The molecule has 0 spiro atoms. The van der Waals surface area contributed by atoms with Crippen LogP contribution in [0.4, 0.5) is 9.18 Å². The van der Waals surface area contributed by atoms with Crippen LogP contribution in [-0.2, 0) is 10.3 Å². The molecule has 1 aromatic heterocycles. The zero-order chi connectivity index (χ0) is 22.0. The van der Waals surface area contributed by atoms with Gasteiger partial charge in [-0.3, -0.25) is 9.59 Å². The van der Waals surface area contributed by atoms with E-state index in [0.717, 1.165) is 0 Å². The van der Waals surface area contributed by atoms with Gasteiger partial charge in [0.1, 0.15) is 11.4 Å². The Morgan fingerprint density at radius 2 is 1.66 bits per heavy atom. The summed E-state index contributed by atoms with van der Waals surface area (Å²) >= 11 is 0. The number of ether oxygens (including phenoxy) is 1. The molecule has 6 nitrogen and oxygen atoms in total. The highest BCUT2D eigenvalue weighted by molar-refractivity contribution is 5.94. The van der Waals surface area contributed by atoms with Crippen molar-refractivity contribution in [3.05, 3.63) is 58.3 Å². The number of alkyl carbamates (subject to hydrolysis) is 1. The minimum absolute atomic E-state index is 0.0252. The summed E-state index contributed by atoms with van der Waals surface area (Å²) in [5.74, 6) is -0.790. The highest BCUT2D eigenvalue weighted by atomic mass is 19.1. The number of benzene rings is 1. The van der Waals surface area contributed by atoms with E-state index in [1.165, 1.54) is 37.4 Å². The molecule has 156 valence electrons. The number of aromatic nitrogens is 1. The fourth-order valence-electron chi connectivity index (χ4n) is 2.71. The number of hydrogen-bond donors (Lipinski definition) is 1. The van der Waals surface area contributed by atoms with Crippen molar-refractivity contribution >= 4 is 11.9 Å². The Morgan fingerprint density at radius 3 is 2.17 bits per heavy atom. The lowest BCUT2D eigenvalue weighted by Gasteiger charge is -2.30. The second-order valence-corrected chi connectivity index (χ2v) is 8.55. The van der Waals surface area contributed by atoms with Gasteiger partial charge in [0.15, 0.2) is 11.2 Å². The lowest BCUT2D eigenvalue weighted by Crippen LogP contribution is -2.43. The molecule has 0 saturated carbocycles. The van der Waals surface area contributed by atoms with Crippen LogP contribution in [0.5, 0.6) is 0 Å². The van der Waals surface area contributed by atoms with Crippen LogP contribution in [0.3, 0.4) is 0 Å². The molecular formula is C22H27FN2O4. The number of pyridine rings is 1. The number of rotatable bonds is 5. The van der Waals surface area contributed by atoms with Crippen molar-refractivity contribution in [3.63, 3.8) is 0 Å². The molecule has 1 N–H and O–H groups in total. The largest absolute Gasteiger partial charge is 0.444 e. The Labute approximate surface area is 169 Å². The highest BCUT2D eigenvalue weighted by Crippen LogP contribution is 2.21. The first-order valence-corrected chi connectivity index (χ1v) is 9.31. The number of nitrogens with one attached hydrogen (secondary N) is 1. The molecule has 0 aliphatic heterocycles. The maximum atomic E-state index is 13.3. The molecule has 0 fully saturated rings. The van der Waals surface area contributed by atoms with E-state index < -0.39 is 28.5 Å². The van der Waals surface area contributed by atoms with Crippen LogP contribution in [-0.4, -0.2) is 28.6 Å². The number of carbonyl (C=O) groups excluding carboxylic acids is 2. The van der Waals surface area contributed by atoms with Crippen molar-refractivity contribution in [2.75, 3.05) is 6.54 Å². The Kier molecular flexibility index (Phi) is 6.30. The average molecular weight is 402 g/mol. The number of Topliss-reactive ketones (excluding diaryl/α,β-unsaturated/α-hetero) is 1. The van der Waals surface area contributed by atoms with Gasteiger partial charge >= 0.3 is 6.09 Å². The molecule has 1 amide bonds. The molecular weight excluding hydrogens is 375 g/mol. The summed E-state index contributed by atoms with van der Waals surface area (Å²) in [7, 11) is 0. The van der Waals surface area contributed by atoms with E-state index in [-0.39, 0.29) is 23.5 Å². The molecule has 2 rings (SSSR count). The van der Waals surface area contributed by atoms with E-state index in [1.807, 2.05) is 13.8 Å². The average Bonchev–Trinajstić information content (AvgIpc) is 2.59. The van der Waals surface area contributed by atoms with Gasteiger partial charge in [-0.05, 0) is 59.2 Å². The summed E-state index contributed by atoms with van der Waals surface area (Å²) < 4.78 is 20.2. The van der Waals surface area contributed by atoms with Crippen LogP contribution in [0.1, 0.15) is 51.9 Å². The molecule has 0 atom stereocenters. The van der Waals surface area contributed by atoms with E-state index in [9.17, 15) is 18.8 Å². The maximum Gasteiger partial charge on any atom is 0.407 e. The minimum atomic E-state index is -0.677. The summed E-state index contributed by atoms with van der Waals surface area (Å²) in [6.45, 7) is 10.5. The molecule has 1 heterocycles. The quantitative estimate of drug-likeness (QED) is 0.764. The van der Waals surface area contributed by atoms with Crippen molar-refractivity contribution in [3.8, 4) is 11.1 Å². The van der Waals surface area contributed by atoms with Crippen molar-refractivity contribution in [2.45, 2.75) is 52.7 Å². The predicted octanol–water partition coefficient (Wildman–Crippen LogP) is 4.12. The summed E-state index contributed by atoms with van der Waals surface area (Å²) in [6, 6.07) is 5.50. The van der Waals surface area contributed by atoms with E-state index in [4.69, 9.17) is 4.74 Å². The number of nitrogens with zero attached hydrogens (tertiary/aromatic N) is 1. The second-order valence-electron chi connectivity index (χ2n) is 8.55. The molecule has 1 aromatic carbocycles. The van der Waals surface area contributed by atoms with Gasteiger partial charge in [0.05, 0.1) is 11.1 Å². The van der Waals surface area contributed by atoms with E-state index in [0.29, 0.717) is 5.56 Å². The van der Waals surface area contributed by atoms with Crippen molar-refractivity contribution in [1.29, 1.82) is 0 Å². The standard InChI is InChI=1S/C22H27FN2O4/c1-14(26)17-11-25(22(5,6)13-24-20(28)29-21(2,3)4)12-18(19(17)27)15-7-9-16(23)10-8-15/h7-12H,13H2,1-6H3,(H,24,28). The minimum Gasteiger partial charge on any atom is -0.444 e. The van der Waals surface area contributed by atoms with Crippen LogP contribution >= 0.6 is 0 Å². The SMILES string of the molecule is CC(=O)c1cn(C(C)(C)CNC(=O)OC(C)(C)C)cc(-c2ccc(F)cc2)c1=O. The third kappa shape index (κ3) is 5.76. The van der Waals surface area contributed by atoms with Gasteiger partial charge in [-0.15, -0.1) is 0 Å². The van der Waals surface area contributed by atoms with Crippen LogP contribution in [0.2, 0.25) is 0 Å². The molecule has 7 heteroatoms. The van der Waals surface area contributed by atoms with Crippen molar-refractivity contribution < 1.29 is 18.7 Å². The summed E-state index contributed by atoms with van der Waals surface area (Å²) in [5.41, 5.74) is -0.909. The smallest absolute Gasteiger partial charge is 0.407 e. The first kappa shape index (κ1) is 22.3. The van der Waals surface area contributed by atoms with Gasteiger partial charge < -0.3 is 14.6 Å². The molecule has 0 aliphatic carbocycles. The lowest BCUT2D eigenvalue weighted by atomic mass is 10.00. The number of hydrogen-bond acceptors (Lipinski definition) is 4. The third-order valence-electron chi connectivity index (χ3n) is 4.32. The molecule has 0 aliphatic rings. The second kappa shape index (κ2) is 8.19. The first-order chi connectivity index (χ1) is 13.3. The third-order valence-corrected chi connectivity index (χ3v) is 4.32. The zero-order valence-electron chi connectivity index (χ0n) is 17.6. The summed E-state index contributed by atoms with van der Waals surface area (Å²) in [5, 5.41) is 2.71. The Bertz CT molecular complexity index is 970. The fraction of sp³-hybridized carbons (Fsp3) is 0.409. The van der Waals surface area contributed by atoms with Crippen molar-refractivity contribution in [1.82, 2.24) is 9.88 Å². The van der Waals surface area contributed by atoms with Gasteiger partial charge in [-0.1, -0.05) is 12.1 Å². The Morgan fingerprint density at radius 1 is 1.07 bits per heavy atom. The van der Waals surface area contributed by atoms with E-state index in [1.54, 1.807) is 31.5 Å². The zero-order valence-corrected chi connectivity index (χ0v) is 17.6. The Balaban J connectivity index is 2.43. The molecule has 2 aromatic rings. The number of carbonyl (C=O) groups is 2. The highest BCUT2D eigenvalue weighted by Gasteiger charge is 2.25. The van der Waals surface area contributed by atoms with Gasteiger partial charge in [0, 0.05) is 24.5 Å². The lowest BCUT2D eigenvalue weighted by molar-refractivity contribution is 0.0508. The van der Waals surface area contributed by atoms with Crippen LogP contribution < -0.4 is 10.7 Å². The number of amides is 1. The fourth-order valence-corrected chi connectivity index (χ4v) is 2.71. The molecule has 0 unspecified atom stereocenters. The topological polar surface area (TPSA) is 77.4 Å². The van der Waals surface area contributed by atoms with Gasteiger partial charge in [0.2, 0.25) is 0 Å². The van der Waals surface area contributed by atoms with Gasteiger partial charge in [-0.2, -0.15) is 0 Å². The summed E-state index contributed by atoms with van der Waals surface area (Å²) in [4.78, 5) is 36.8. The van der Waals surface area contributed by atoms with Gasteiger partial charge in [-0.25, -0.2) is 9.18 Å². The molecule has 29 heavy (non-hydrogen) atoms. The van der Waals surface area contributed by atoms with E-state index >= 15 is 0 Å². The molecule has 0 saturated heterocycles. The van der Waals surface area contributed by atoms with Gasteiger partial charge in [0.25, 0.3) is 0 Å². The molecule has 0 radical (unpaired) electrons. The number of ketones is 1. The van der Waals surface area contributed by atoms with Crippen molar-refractivity contribution in [2.24, 2.45) is 0 Å². The maximum absolute atomic E-state index is 13.3. The normalized spacial score (nSPS) is 11.8. The monoisotopic (exact) mass is 402 g/mol.